The van der Waals surface area contributed by atoms with E-state index in [1.165, 1.54) is 0 Å². The first-order valence-electron chi connectivity index (χ1n) is 14.1. The molecule has 41 heavy (non-hydrogen) atoms. The van der Waals surface area contributed by atoms with E-state index in [1.54, 1.807) is 18.3 Å². The van der Waals surface area contributed by atoms with Gasteiger partial charge in [0, 0.05) is 48.4 Å². The number of ketones is 1. The molecule has 3 aromatic rings. The van der Waals surface area contributed by atoms with Gasteiger partial charge in [0.2, 0.25) is 0 Å². The minimum Gasteiger partial charge on any atom is -0.489 e. The second-order valence-corrected chi connectivity index (χ2v) is 13.3. The number of urea groups is 1. The number of nitrogens with one attached hydrogen (secondary N) is 2. The van der Waals surface area contributed by atoms with Crippen molar-refractivity contribution in [2.45, 2.75) is 96.9 Å². The zero-order valence-electron chi connectivity index (χ0n) is 25.5. The van der Waals surface area contributed by atoms with Gasteiger partial charge in [0.15, 0.2) is 11.6 Å². The van der Waals surface area contributed by atoms with Crippen molar-refractivity contribution in [2.75, 3.05) is 12.4 Å². The molecule has 9 nitrogen and oxygen atoms in total. The lowest BCUT2D eigenvalue weighted by Crippen LogP contribution is -2.60. The number of aromatic nitrogens is 2. The number of nitrogens with zero attached hydrogens (tertiary/aromatic N) is 3. The predicted molar refractivity (Wildman–Crippen MR) is 159 cm³/mol. The number of likely N-dealkylation sites (tertiary alicyclic amines) is 1. The Kier molecular flexibility index (Phi) is 8.59. The molecule has 0 unspecified atom stereocenters. The molecule has 0 spiro atoms. The van der Waals surface area contributed by atoms with Crippen LogP contribution in [0.1, 0.15) is 88.7 Å². The minimum absolute atomic E-state index is 0.0246. The van der Waals surface area contributed by atoms with Gasteiger partial charge in [0.25, 0.3) is 0 Å². The standard InChI is InChI=1S/C32H43N5O4/c1-30(2,3)27-16-28(36-41-27)35-29(39)34-19-22-11-9-10-21(14-22)15-26(38)25-13-12-23(20-33-25)40-24-17-31(4,5)37(8)32(6,7)18-24/h9-14,16,20,24H,15,17-19H2,1-8H3,(H2,34,35,36,39). The number of Topliss-reactive ketones (excluding diaryl/α,β-unsaturated/α-hetero) is 1. The highest BCUT2D eigenvalue weighted by Gasteiger charge is 2.44. The Hall–Kier alpha value is -3.72. The molecule has 1 aliphatic rings. The van der Waals surface area contributed by atoms with Gasteiger partial charge in [-0.2, -0.15) is 0 Å². The van der Waals surface area contributed by atoms with Crippen molar-refractivity contribution >= 4 is 17.6 Å². The number of carbonyl (C=O) groups excluding carboxylic acids is 2. The van der Waals surface area contributed by atoms with Gasteiger partial charge in [0.05, 0.1) is 6.20 Å². The summed E-state index contributed by atoms with van der Waals surface area (Å²) >= 11 is 0. The molecule has 220 valence electrons. The normalized spacial score (nSPS) is 17.2. The summed E-state index contributed by atoms with van der Waals surface area (Å²) in [5.41, 5.74) is 1.97. The molecule has 4 rings (SSSR count). The second-order valence-electron chi connectivity index (χ2n) is 13.3. The van der Waals surface area contributed by atoms with E-state index in [4.69, 9.17) is 9.26 Å². The van der Waals surface area contributed by atoms with Crippen LogP contribution in [-0.2, 0) is 18.4 Å². The van der Waals surface area contributed by atoms with Crippen LogP contribution in [0.25, 0.3) is 0 Å². The molecule has 3 heterocycles. The molecule has 2 amide bonds. The Labute approximate surface area is 243 Å². The number of benzene rings is 1. The van der Waals surface area contributed by atoms with Gasteiger partial charge >= 0.3 is 6.03 Å². The summed E-state index contributed by atoms with van der Waals surface area (Å²) in [4.78, 5) is 32.1. The fourth-order valence-corrected chi connectivity index (χ4v) is 5.33. The first kappa shape index (κ1) is 30.2. The van der Waals surface area contributed by atoms with Crippen LogP contribution in [0.4, 0.5) is 10.6 Å². The van der Waals surface area contributed by atoms with E-state index in [9.17, 15) is 9.59 Å². The Morgan fingerprint density at radius 2 is 1.73 bits per heavy atom. The van der Waals surface area contributed by atoms with Gasteiger partial charge in [-0.1, -0.05) is 50.2 Å². The van der Waals surface area contributed by atoms with Gasteiger partial charge in [-0.25, -0.2) is 9.78 Å². The van der Waals surface area contributed by atoms with E-state index in [1.807, 2.05) is 51.1 Å². The van der Waals surface area contributed by atoms with Crippen LogP contribution >= 0.6 is 0 Å². The molecule has 0 radical (unpaired) electrons. The quantitative estimate of drug-likeness (QED) is 0.318. The molecule has 1 saturated heterocycles. The zero-order valence-corrected chi connectivity index (χ0v) is 25.5. The lowest BCUT2D eigenvalue weighted by atomic mass is 9.79. The summed E-state index contributed by atoms with van der Waals surface area (Å²) in [5, 5.41) is 9.40. The van der Waals surface area contributed by atoms with Crippen LogP contribution < -0.4 is 15.4 Å². The average Bonchev–Trinajstić information content (AvgIpc) is 3.35. The number of hydrogen-bond donors (Lipinski definition) is 2. The highest BCUT2D eigenvalue weighted by atomic mass is 16.5. The number of pyridine rings is 1. The lowest BCUT2D eigenvalue weighted by Gasteiger charge is -2.53. The molecule has 1 aliphatic heterocycles. The van der Waals surface area contributed by atoms with Crippen LogP contribution in [0.2, 0.25) is 0 Å². The Morgan fingerprint density at radius 1 is 1.05 bits per heavy atom. The van der Waals surface area contributed by atoms with Crippen molar-refractivity contribution in [3.8, 4) is 5.75 Å². The highest BCUT2D eigenvalue weighted by molar-refractivity contribution is 5.95. The number of ether oxygens (including phenoxy) is 1. The number of anilines is 1. The molecule has 2 aromatic heterocycles. The fraction of sp³-hybridized carbons (Fsp3) is 0.500. The van der Waals surface area contributed by atoms with Crippen LogP contribution in [0.5, 0.6) is 5.75 Å². The van der Waals surface area contributed by atoms with E-state index in [2.05, 4.69) is 60.4 Å². The summed E-state index contributed by atoms with van der Waals surface area (Å²) in [5.74, 6) is 1.64. The van der Waals surface area contributed by atoms with E-state index in [-0.39, 0.29) is 40.8 Å². The number of piperidine rings is 1. The van der Waals surface area contributed by atoms with Crippen LogP contribution in [-0.4, -0.2) is 51.1 Å². The maximum absolute atomic E-state index is 13.0. The Bertz CT molecular complexity index is 1350. The van der Waals surface area contributed by atoms with E-state index in [0.29, 0.717) is 29.6 Å². The molecule has 0 bridgehead atoms. The largest absolute Gasteiger partial charge is 0.489 e. The van der Waals surface area contributed by atoms with Gasteiger partial charge in [-0.3, -0.25) is 15.0 Å². The molecule has 0 atom stereocenters. The number of carbonyl (C=O) groups is 2. The average molecular weight is 562 g/mol. The lowest BCUT2D eigenvalue weighted by molar-refractivity contribution is -0.0557. The van der Waals surface area contributed by atoms with Gasteiger partial charge in [-0.05, 0) is 58.0 Å². The van der Waals surface area contributed by atoms with Crippen molar-refractivity contribution in [3.05, 3.63) is 71.2 Å². The van der Waals surface area contributed by atoms with E-state index >= 15 is 0 Å². The van der Waals surface area contributed by atoms with E-state index in [0.717, 1.165) is 24.0 Å². The zero-order chi connectivity index (χ0) is 30.0. The van der Waals surface area contributed by atoms with Gasteiger partial charge in [-0.15, -0.1) is 0 Å². The van der Waals surface area contributed by atoms with Crippen molar-refractivity contribution in [1.29, 1.82) is 0 Å². The summed E-state index contributed by atoms with van der Waals surface area (Å²) in [6.07, 6.45) is 3.76. The molecular weight excluding hydrogens is 518 g/mol. The summed E-state index contributed by atoms with van der Waals surface area (Å²) < 4.78 is 11.6. The van der Waals surface area contributed by atoms with Crippen molar-refractivity contribution in [2.24, 2.45) is 0 Å². The predicted octanol–water partition coefficient (Wildman–Crippen LogP) is 6.14. The van der Waals surface area contributed by atoms with Crippen LogP contribution in [0, 0.1) is 0 Å². The number of rotatable bonds is 8. The maximum Gasteiger partial charge on any atom is 0.320 e. The smallest absolute Gasteiger partial charge is 0.320 e. The fourth-order valence-electron chi connectivity index (χ4n) is 5.33. The SMILES string of the molecule is CN1C(C)(C)CC(Oc2ccc(C(=O)Cc3cccc(CNC(=O)Nc4cc(C(C)(C)C)on4)c3)nc2)CC1(C)C. The van der Waals surface area contributed by atoms with E-state index < -0.39 is 0 Å². The minimum atomic E-state index is -0.390. The third-order valence-corrected chi connectivity index (χ3v) is 7.90. The van der Waals surface area contributed by atoms with Crippen molar-refractivity contribution in [3.63, 3.8) is 0 Å². The first-order valence-corrected chi connectivity index (χ1v) is 14.1. The summed E-state index contributed by atoms with van der Waals surface area (Å²) in [7, 11) is 2.17. The molecule has 1 fully saturated rings. The number of amides is 2. The molecule has 2 N–H and O–H groups in total. The van der Waals surface area contributed by atoms with Gasteiger partial charge < -0.3 is 14.6 Å². The molecular formula is C32H43N5O4. The first-order chi connectivity index (χ1) is 19.1. The topological polar surface area (TPSA) is 110 Å². The second kappa shape index (κ2) is 11.6. The molecule has 0 saturated carbocycles. The Balaban J connectivity index is 1.29. The molecule has 0 aliphatic carbocycles. The van der Waals surface area contributed by atoms with Crippen molar-refractivity contribution in [1.82, 2.24) is 20.4 Å². The van der Waals surface area contributed by atoms with Crippen LogP contribution in [0.3, 0.4) is 0 Å². The third-order valence-electron chi connectivity index (χ3n) is 7.90. The summed E-state index contributed by atoms with van der Waals surface area (Å²) in [6.45, 7) is 15.3. The monoisotopic (exact) mass is 561 g/mol. The summed E-state index contributed by atoms with van der Waals surface area (Å²) in [6, 6.07) is 12.5. The molecule has 1 aromatic carbocycles. The molecule has 9 heteroatoms. The van der Waals surface area contributed by atoms with Crippen LogP contribution in [0.15, 0.2) is 53.2 Å². The maximum atomic E-state index is 13.0. The van der Waals surface area contributed by atoms with Gasteiger partial charge in [0.1, 0.15) is 23.3 Å². The highest BCUT2D eigenvalue weighted by Crippen LogP contribution is 2.38. The third kappa shape index (κ3) is 7.73. The Morgan fingerprint density at radius 3 is 2.34 bits per heavy atom. The number of hydrogen-bond acceptors (Lipinski definition) is 7. The van der Waals surface area contributed by atoms with Crippen molar-refractivity contribution < 1.29 is 18.8 Å².